The average molecular weight is 472 g/mol. The summed E-state index contributed by atoms with van der Waals surface area (Å²) < 4.78 is 33.4. The number of sulfonamides is 1. The van der Waals surface area contributed by atoms with Gasteiger partial charge in [0.2, 0.25) is 10.0 Å². The van der Waals surface area contributed by atoms with Gasteiger partial charge < -0.3 is 14.5 Å². The molecule has 0 spiro atoms. The first-order valence-electron chi connectivity index (χ1n) is 11.6. The molecule has 2 aromatic carbocycles. The van der Waals surface area contributed by atoms with Gasteiger partial charge in [-0.1, -0.05) is 48.5 Å². The van der Waals surface area contributed by atoms with E-state index in [2.05, 4.69) is 35.1 Å². The predicted molar refractivity (Wildman–Crippen MR) is 130 cm³/mol. The molecule has 1 fully saturated rings. The van der Waals surface area contributed by atoms with Crippen LogP contribution in [0.25, 0.3) is 11.1 Å². The second kappa shape index (κ2) is 10.2. The summed E-state index contributed by atoms with van der Waals surface area (Å²) in [5.74, 6) is 0.0215. The number of nitrogens with zero attached hydrogens (tertiary/aromatic N) is 2. The summed E-state index contributed by atoms with van der Waals surface area (Å²) in [4.78, 5) is 16.8. The van der Waals surface area contributed by atoms with Crippen molar-refractivity contribution in [1.82, 2.24) is 14.5 Å². The van der Waals surface area contributed by atoms with Gasteiger partial charge in [0.25, 0.3) is 0 Å². The highest BCUT2D eigenvalue weighted by Crippen LogP contribution is 2.28. The number of amides is 2. The Hall–Kier alpha value is -2.42. The lowest BCUT2D eigenvalue weighted by Crippen LogP contribution is -2.51. The zero-order valence-corrected chi connectivity index (χ0v) is 20.2. The van der Waals surface area contributed by atoms with Crippen LogP contribution in [-0.4, -0.2) is 75.4 Å². The van der Waals surface area contributed by atoms with Crippen molar-refractivity contribution in [1.29, 1.82) is 0 Å². The SMILES string of the molecule is CCS(=O)(=O)NC1CCN2C(=O)N(C)CCOCCc3ccccc3-c3cccc(c3)CC12. The molecule has 33 heavy (non-hydrogen) atoms. The van der Waals surface area contributed by atoms with Gasteiger partial charge >= 0.3 is 6.03 Å². The smallest absolute Gasteiger partial charge is 0.320 e. The molecule has 2 bridgehead atoms. The summed E-state index contributed by atoms with van der Waals surface area (Å²) in [5, 5.41) is 0. The van der Waals surface area contributed by atoms with Crippen LogP contribution in [0, 0.1) is 0 Å². The molecule has 8 heteroatoms. The standard InChI is InChI=1S/C25H33N3O4S/c1-3-33(30,31)26-23-11-13-28-24(23)18-19-7-6-9-21(17-19)22-10-5-4-8-20(22)12-15-32-16-14-27(2)25(28)29/h4-10,17,23-24,26H,3,11-16,18H2,1-2H3. The van der Waals surface area contributed by atoms with Gasteiger partial charge in [0.15, 0.2) is 0 Å². The number of fused-ring (bicyclic) bond motifs is 5. The van der Waals surface area contributed by atoms with Gasteiger partial charge in [0.05, 0.1) is 25.0 Å². The van der Waals surface area contributed by atoms with Gasteiger partial charge in [-0.2, -0.15) is 0 Å². The molecule has 2 aliphatic heterocycles. The lowest BCUT2D eigenvalue weighted by Gasteiger charge is -2.32. The molecule has 0 saturated carbocycles. The quantitative estimate of drug-likeness (QED) is 0.747. The first-order chi connectivity index (χ1) is 15.9. The Morgan fingerprint density at radius 2 is 1.91 bits per heavy atom. The van der Waals surface area contributed by atoms with Crippen LogP contribution in [-0.2, 0) is 27.6 Å². The third kappa shape index (κ3) is 5.57. The number of carbonyl (C=O) groups excluding carboxylic acids is 1. The molecule has 1 saturated heterocycles. The van der Waals surface area contributed by atoms with Gasteiger partial charge in [0, 0.05) is 26.2 Å². The normalized spacial score (nSPS) is 22.3. The molecule has 1 N–H and O–H groups in total. The highest BCUT2D eigenvalue weighted by atomic mass is 32.2. The summed E-state index contributed by atoms with van der Waals surface area (Å²) in [6.07, 6.45) is 1.99. The zero-order valence-electron chi connectivity index (χ0n) is 19.4. The third-order valence-electron chi connectivity index (χ3n) is 6.62. The molecule has 0 radical (unpaired) electrons. The van der Waals surface area contributed by atoms with Crippen LogP contribution >= 0.6 is 0 Å². The van der Waals surface area contributed by atoms with E-state index in [1.54, 1.807) is 18.9 Å². The molecule has 4 rings (SSSR count). The Bertz CT molecular complexity index is 1090. The van der Waals surface area contributed by atoms with E-state index in [0.29, 0.717) is 39.1 Å². The van der Waals surface area contributed by atoms with Crippen molar-refractivity contribution in [3.63, 3.8) is 0 Å². The van der Waals surface area contributed by atoms with E-state index >= 15 is 0 Å². The monoisotopic (exact) mass is 471 g/mol. The predicted octanol–water partition coefficient (Wildman–Crippen LogP) is 2.90. The van der Waals surface area contributed by atoms with Gasteiger partial charge in [0.1, 0.15) is 0 Å². The minimum atomic E-state index is -3.38. The minimum Gasteiger partial charge on any atom is -0.379 e. The lowest BCUT2D eigenvalue weighted by molar-refractivity contribution is 0.106. The van der Waals surface area contributed by atoms with Crippen LogP contribution in [0.3, 0.4) is 0 Å². The van der Waals surface area contributed by atoms with Crippen molar-refractivity contribution in [2.24, 2.45) is 0 Å². The molecule has 0 aliphatic carbocycles. The van der Waals surface area contributed by atoms with Gasteiger partial charge in [-0.25, -0.2) is 17.9 Å². The van der Waals surface area contributed by atoms with E-state index in [4.69, 9.17) is 4.74 Å². The molecule has 2 heterocycles. The maximum atomic E-state index is 13.3. The van der Waals surface area contributed by atoms with E-state index in [-0.39, 0.29) is 23.9 Å². The number of benzene rings is 2. The van der Waals surface area contributed by atoms with E-state index in [1.165, 1.54) is 11.1 Å². The molecule has 2 aromatic rings. The van der Waals surface area contributed by atoms with Crippen molar-refractivity contribution >= 4 is 16.1 Å². The highest BCUT2D eigenvalue weighted by molar-refractivity contribution is 7.89. The fourth-order valence-corrected chi connectivity index (χ4v) is 5.63. The van der Waals surface area contributed by atoms with Crippen molar-refractivity contribution in [3.8, 4) is 11.1 Å². The van der Waals surface area contributed by atoms with Crippen LogP contribution in [0.5, 0.6) is 0 Å². The molecule has 2 amide bonds. The number of ether oxygens (including phenoxy) is 1. The molecule has 2 aliphatic rings. The fourth-order valence-electron chi connectivity index (χ4n) is 4.72. The zero-order chi connectivity index (χ0) is 23.4. The van der Waals surface area contributed by atoms with Crippen molar-refractivity contribution in [3.05, 3.63) is 59.7 Å². The first-order valence-corrected chi connectivity index (χ1v) is 13.3. The number of rotatable bonds is 3. The van der Waals surface area contributed by atoms with Gasteiger partial charge in [-0.15, -0.1) is 0 Å². The molecule has 7 nitrogen and oxygen atoms in total. The second-order valence-electron chi connectivity index (χ2n) is 8.81. The second-order valence-corrected chi connectivity index (χ2v) is 10.8. The summed E-state index contributed by atoms with van der Waals surface area (Å²) in [5.41, 5.74) is 4.61. The van der Waals surface area contributed by atoms with Crippen molar-refractivity contribution < 1.29 is 17.9 Å². The van der Waals surface area contributed by atoms with Crippen LogP contribution in [0.4, 0.5) is 4.79 Å². The van der Waals surface area contributed by atoms with Crippen LogP contribution < -0.4 is 4.72 Å². The Kier molecular flexibility index (Phi) is 7.36. The maximum Gasteiger partial charge on any atom is 0.320 e. The molecule has 178 valence electrons. The fraction of sp³-hybridized carbons (Fsp3) is 0.480. The molecule has 2 unspecified atom stereocenters. The Morgan fingerprint density at radius 3 is 2.73 bits per heavy atom. The number of likely N-dealkylation sites (N-methyl/N-ethyl adjacent to an activating group) is 1. The summed E-state index contributed by atoms with van der Waals surface area (Å²) in [6, 6.07) is 16.1. The molecular weight excluding hydrogens is 438 g/mol. The topological polar surface area (TPSA) is 79.0 Å². The maximum absolute atomic E-state index is 13.3. The Balaban J connectivity index is 1.71. The van der Waals surface area contributed by atoms with Crippen LogP contribution in [0.15, 0.2) is 48.5 Å². The highest BCUT2D eigenvalue weighted by Gasteiger charge is 2.39. The summed E-state index contributed by atoms with van der Waals surface area (Å²) in [7, 11) is -1.60. The number of hydrogen-bond acceptors (Lipinski definition) is 4. The number of urea groups is 1. The van der Waals surface area contributed by atoms with E-state index in [1.807, 2.05) is 23.1 Å². The van der Waals surface area contributed by atoms with Crippen molar-refractivity contribution in [2.75, 3.05) is 39.1 Å². The molecular formula is C25H33N3O4S. The number of hydrogen-bond donors (Lipinski definition) is 1. The van der Waals surface area contributed by atoms with E-state index in [9.17, 15) is 13.2 Å². The van der Waals surface area contributed by atoms with Gasteiger partial charge in [-0.05, 0) is 48.4 Å². The third-order valence-corrected chi connectivity index (χ3v) is 8.04. The summed E-state index contributed by atoms with van der Waals surface area (Å²) >= 11 is 0. The largest absolute Gasteiger partial charge is 0.379 e. The molecule has 2 atom stereocenters. The minimum absolute atomic E-state index is 0.0215. The molecule has 0 aromatic heterocycles. The number of nitrogens with one attached hydrogen (secondary N) is 1. The van der Waals surface area contributed by atoms with Crippen LogP contribution in [0.1, 0.15) is 24.5 Å². The van der Waals surface area contributed by atoms with Gasteiger partial charge in [-0.3, -0.25) is 0 Å². The lowest BCUT2D eigenvalue weighted by atomic mass is 9.94. The van der Waals surface area contributed by atoms with E-state index < -0.39 is 10.0 Å². The summed E-state index contributed by atoms with van der Waals surface area (Å²) in [6.45, 7) is 3.69. The van der Waals surface area contributed by atoms with Crippen LogP contribution in [0.2, 0.25) is 0 Å². The van der Waals surface area contributed by atoms with E-state index in [0.717, 1.165) is 17.5 Å². The Morgan fingerprint density at radius 1 is 1.09 bits per heavy atom. The van der Waals surface area contributed by atoms with Crippen molar-refractivity contribution in [2.45, 2.75) is 38.3 Å². The number of carbonyl (C=O) groups is 1. The Labute approximate surface area is 196 Å². The first kappa shape index (κ1) is 23.7. The average Bonchev–Trinajstić information content (AvgIpc) is 3.19.